The smallest absolute Gasteiger partial charge is 0.281 e. The van der Waals surface area contributed by atoms with Crippen molar-refractivity contribution < 1.29 is 13.2 Å². The number of hydrogen-bond acceptors (Lipinski definition) is 4. The number of rotatable bonds is 5. The second kappa shape index (κ2) is 6.59. The zero-order valence-corrected chi connectivity index (χ0v) is 12.9. The van der Waals surface area contributed by atoms with E-state index in [1.54, 1.807) is 4.31 Å². The minimum Gasteiger partial charge on any atom is -0.356 e. The van der Waals surface area contributed by atoms with Gasteiger partial charge in [-0.15, -0.1) is 0 Å². The van der Waals surface area contributed by atoms with Gasteiger partial charge in [-0.25, -0.2) is 14.3 Å². The molecule has 118 valence electrons. The standard InChI is InChI=1S/C13H22N4O3S/c1-2-17(10-6-4-3-5-7-10)21(19,20)11-8-12(15-9-11)13(18)16-14/h8-10,15H,2-7,14H2,1H3,(H,16,18). The number of nitrogens with zero attached hydrogens (tertiary/aromatic N) is 1. The molecule has 1 saturated carbocycles. The van der Waals surface area contributed by atoms with E-state index in [2.05, 4.69) is 4.98 Å². The molecule has 1 aliphatic rings. The molecule has 1 heterocycles. The summed E-state index contributed by atoms with van der Waals surface area (Å²) in [6.07, 6.45) is 6.42. The topological polar surface area (TPSA) is 108 Å². The largest absolute Gasteiger partial charge is 0.356 e. The van der Waals surface area contributed by atoms with Crippen LogP contribution in [0.1, 0.15) is 49.5 Å². The summed E-state index contributed by atoms with van der Waals surface area (Å²) >= 11 is 0. The quantitative estimate of drug-likeness (QED) is 0.427. The molecule has 1 aromatic rings. The highest BCUT2D eigenvalue weighted by atomic mass is 32.2. The molecule has 1 amide bonds. The fourth-order valence-electron chi connectivity index (χ4n) is 2.86. The molecule has 0 radical (unpaired) electrons. The van der Waals surface area contributed by atoms with Gasteiger partial charge < -0.3 is 4.98 Å². The number of nitrogens with one attached hydrogen (secondary N) is 2. The Bertz CT molecular complexity index is 590. The fraction of sp³-hybridized carbons (Fsp3) is 0.615. The average molecular weight is 314 g/mol. The van der Waals surface area contributed by atoms with Crippen molar-refractivity contribution in [3.63, 3.8) is 0 Å². The molecule has 0 bridgehead atoms. The van der Waals surface area contributed by atoms with E-state index in [-0.39, 0.29) is 16.6 Å². The zero-order valence-electron chi connectivity index (χ0n) is 12.1. The lowest BCUT2D eigenvalue weighted by Gasteiger charge is -2.32. The highest BCUT2D eigenvalue weighted by Gasteiger charge is 2.32. The molecule has 0 aromatic carbocycles. The second-order valence-electron chi connectivity index (χ2n) is 5.22. The Kier molecular flexibility index (Phi) is 5.02. The van der Waals surface area contributed by atoms with Crippen LogP contribution < -0.4 is 11.3 Å². The Labute approximate surface area is 124 Å². The van der Waals surface area contributed by atoms with Gasteiger partial charge in [0, 0.05) is 18.8 Å². The predicted octanol–water partition coefficient (Wildman–Crippen LogP) is 0.962. The van der Waals surface area contributed by atoms with Crippen LogP contribution in [0.5, 0.6) is 0 Å². The van der Waals surface area contributed by atoms with Crippen molar-refractivity contribution in [3.05, 3.63) is 18.0 Å². The zero-order chi connectivity index (χ0) is 15.5. The first kappa shape index (κ1) is 16.0. The molecule has 1 aromatic heterocycles. The van der Waals surface area contributed by atoms with Gasteiger partial charge in [-0.05, 0) is 18.9 Å². The summed E-state index contributed by atoms with van der Waals surface area (Å²) in [5.74, 6) is 4.50. The number of carbonyl (C=O) groups excluding carboxylic acids is 1. The molecule has 4 N–H and O–H groups in total. The second-order valence-corrected chi connectivity index (χ2v) is 7.11. The number of amides is 1. The molecule has 2 rings (SSSR count). The van der Waals surface area contributed by atoms with Crippen LogP contribution in [0.2, 0.25) is 0 Å². The van der Waals surface area contributed by atoms with Crippen LogP contribution >= 0.6 is 0 Å². The number of carbonyl (C=O) groups is 1. The minimum absolute atomic E-state index is 0.0513. The van der Waals surface area contributed by atoms with Crippen LogP contribution in [0.25, 0.3) is 0 Å². The summed E-state index contributed by atoms with van der Waals surface area (Å²) in [6.45, 7) is 2.27. The monoisotopic (exact) mass is 314 g/mol. The molecule has 0 spiro atoms. The molecule has 8 heteroatoms. The lowest BCUT2D eigenvalue weighted by molar-refractivity contribution is 0.0949. The molecule has 0 unspecified atom stereocenters. The van der Waals surface area contributed by atoms with E-state index in [0.717, 1.165) is 25.7 Å². The third-order valence-corrected chi connectivity index (χ3v) is 5.94. The Hall–Kier alpha value is -1.38. The highest BCUT2D eigenvalue weighted by Crippen LogP contribution is 2.27. The lowest BCUT2D eigenvalue weighted by atomic mass is 9.95. The molecule has 21 heavy (non-hydrogen) atoms. The van der Waals surface area contributed by atoms with Crippen LogP contribution in [-0.2, 0) is 10.0 Å². The molecule has 1 fully saturated rings. The maximum Gasteiger partial charge on any atom is 0.281 e. The van der Waals surface area contributed by atoms with Gasteiger partial charge >= 0.3 is 0 Å². The van der Waals surface area contributed by atoms with E-state index in [9.17, 15) is 13.2 Å². The van der Waals surface area contributed by atoms with E-state index in [4.69, 9.17) is 5.84 Å². The van der Waals surface area contributed by atoms with Crippen molar-refractivity contribution in [2.24, 2.45) is 5.84 Å². The third-order valence-electron chi connectivity index (χ3n) is 3.93. The van der Waals surface area contributed by atoms with Gasteiger partial charge in [0.1, 0.15) is 10.6 Å². The minimum atomic E-state index is -3.59. The van der Waals surface area contributed by atoms with Crippen molar-refractivity contribution in [3.8, 4) is 0 Å². The van der Waals surface area contributed by atoms with Crippen LogP contribution in [0.4, 0.5) is 0 Å². The summed E-state index contributed by atoms with van der Waals surface area (Å²) in [7, 11) is -3.59. The van der Waals surface area contributed by atoms with Crippen LogP contribution in [0.15, 0.2) is 17.2 Å². The van der Waals surface area contributed by atoms with Crippen molar-refractivity contribution in [1.82, 2.24) is 14.7 Å². The van der Waals surface area contributed by atoms with Crippen molar-refractivity contribution in [2.75, 3.05) is 6.54 Å². The van der Waals surface area contributed by atoms with Crippen molar-refractivity contribution in [2.45, 2.75) is 50.0 Å². The fourth-order valence-corrected chi connectivity index (χ4v) is 4.55. The van der Waals surface area contributed by atoms with Gasteiger partial charge in [-0.2, -0.15) is 4.31 Å². The first-order chi connectivity index (χ1) is 10.0. The highest BCUT2D eigenvalue weighted by molar-refractivity contribution is 7.89. The molecular formula is C13H22N4O3S. The summed E-state index contributed by atoms with van der Waals surface area (Å²) in [4.78, 5) is 14.2. The normalized spacial score (nSPS) is 17.1. The first-order valence-electron chi connectivity index (χ1n) is 7.22. The maximum atomic E-state index is 12.7. The Morgan fingerprint density at radius 1 is 1.43 bits per heavy atom. The first-order valence-corrected chi connectivity index (χ1v) is 8.66. The van der Waals surface area contributed by atoms with Crippen molar-refractivity contribution >= 4 is 15.9 Å². The van der Waals surface area contributed by atoms with Gasteiger partial charge in [-0.3, -0.25) is 10.2 Å². The Morgan fingerprint density at radius 2 is 2.10 bits per heavy atom. The maximum absolute atomic E-state index is 12.7. The SMILES string of the molecule is CCN(C1CCCCC1)S(=O)(=O)c1c[nH]c(C(=O)NN)c1. The van der Waals surface area contributed by atoms with E-state index in [1.165, 1.54) is 18.7 Å². The number of sulfonamides is 1. The molecule has 1 aliphatic carbocycles. The average Bonchev–Trinajstić information content (AvgIpc) is 2.98. The van der Waals surface area contributed by atoms with E-state index >= 15 is 0 Å². The number of nitrogen functional groups attached to an aromatic ring is 1. The van der Waals surface area contributed by atoms with Gasteiger partial charge in [-0.1, -0.05) is 26.2 Å². The van der Waals surface area contributed by atoms with Crippen LogP contribution in [0, 0.1) is 0 Å². The van der Waals surface area contributed by atoms with Gasteiger partial charge in [0.15, 0.2) is 0 Å². The Morgan fingerprint density at radius 3 is 2.67 bits per heavy atom. The van der Waals surface area contributed by atoms with E-state index in [1.807, 2.05) is 12.3 Å². The predicted molar refractivity (Wildman–Crippen MR) is 78.9 cm³/mol. The van der Waals surface area contributed by atoms with Crippen molar-refractivity contribution in [1.29, 1.82) is 0 Å². The summed E-state index contributed by atoms with van der Waals surface area (Å²) in [5.41, 5.74) is 2.11. The molecule has 0 saturated heterocycles. The summed E-state index contributed by atoms with van der Waals surface area (Å²) in [6, 6.07) is 1.37. The Balaban J connectivity index is 2.26. The van der Waals surface area contributed by atoms with Gasteiger partial charge in [0.05, 0.1) is 0 Å². The summed E-state index contributed by atoms with van der Waals surface area (Å²) in [5, 5.41) is 0. The van der Waals surface area contributed by atoms with E-state index < -0.39 is 15.9 Å². The van der Waals surface area contributed by atoms with E-state index in [0.29, 0.717) is 6.54 Å². The number of aromatic amines is 1. The number of nitrogens with two attached hydrogens (primary N) is 1. The number of hydrogen-bond donors (Lipinski definition) is 3. The van der Waals surface area contributed by atoms with Crippen LogP contribution in [0.3, 0.4) is 0 Å². The van der Waals surface area contributed by atoms with Gasteiger partial charge in [0.25, 0.3) is 5.91 Å². The number of H-pyrrole nitrogens is 1. The molecule has 7 nitrogen and oxygen atoms in total. The molecular weight excluding hydrogens is 292 g/mol. The van der Waals surface area contributed by atoms with Gasteiger partial charge in [0.2, 0.25) is 10.0 Å². The summed E-state index contributed by atoms with van der Waals surface area (Å²) < 4.78 is 27.0. The molecule has 0 aliphatic heterocycles. The third kappa shape index (κ3) is 3.28. The lowest BCUT2D eigenvalue weighted by Crippen LogP contribution is -2.41. The van der Waals surface area contributed by atoms with Crippen LogP contribution in [-0.4, -0.2) is 36.2 Å². The number of aromatic nitrogens is 1. The number of hydrazine groups is 1. The molecule has 0 atom stereocenters.